The third-order valence-corrected chi connectivity index (χ3v) is 4.29. The number of ether oxygens (including phenoxy) is 1. The monoisotopic (exact) mass is 456 g/mol. The van der Waals surface area contributed by atoms with E-state index >= 15 is 0 Å². The van der Waals surface area contributed by atoms with E-state index < -0.39 is 42.3 Å². The number of nitriles is 1. The molecule has 1 heterocycles. The lowest BCUT2D eigenvalue weighted by Crippen LogP contribution is -2.34. The molecule has 6 nitrogen and oxygen atoms in total. The van der Waals surface area contributed by atoms with E-state index in [4.69, 9.17) is 14.4 Å². The Labute approximate surface area is 177 Å². The van der Waals surface area contributed by atoms with Crippen molar-refractivity contribution in [3.63, 3.8) is 0 Å². The lowest BCUT2D eigenvalue weighted by Gasteiger charge is -2.25. The molecule has 0 saturated heterocycles. The Morgan fingerprint density at radius 2 is 1.72 bits per heavy atom. The number of alkyl halides is 6. The zero-order chi connectivity index (χ0) is 23.5. The van der Waals surface area contributed by atoms with Crippen LogP contribution in [-0.2, 0) is 12.7 Å². The van der Waals surface area contributed by atoms with Crippen molar-refractivity contribution in [2.75, 3.05) is 18.6 Å². The molecule has 0 unspecified atom stereocenters. The van der Waals surface area contributed by atoms with Gasteiger partial charge in [0.2, 0.25) is 11.8 Å². The first-order valence-electron chi connectivity index (χ1n) is 8.90. The molecule has 0 fully saturated rings. The summed E-state index contributed by atoms with van der Waals surface area (Å²) < 4.78 is 89.5. The maximum Gasteiger partial charge on any atom is 0.417 e. The summed E-state index contributed by atoms with van der Waals surface area (Å²) >= 11 is 0. The average Bonchev–Trinajstić information content (AvgIpc) is 3.20. The molecule has 0 aliphatic heterocycles. The molecule has 12 heteroatoms. The lowest BCUT2D eigenvalue weighted by molar-refractivity contribution is -0.137. The van der Waals surface area contributed by atoms with Crippen LogP contribution in [0.1, 0.15) is 17.0 Å². The summed E-state index contributed by atoms with van der Waals surface area (Å²) in [5.41, 5.74) is -1.97. The third kappa shape index (κ3) is 5.48. The summed E-state index contributed by atoms with van der Waals surface area (Å²) in [6.45, 7) is -2.18. The number of hydrogen-bond acceptors (Lipinski definition) is 6. The van der Waals surface area contributed by atoms with Crippen LogP contribution in [0.25, 0.3) is 11.5 Å². The second kappa shape index (κ2) is 8.78. The van der Waals surface area contributed by atoms with Crippen LogP contribution in [0.2, 0.25) is 0 Å². The van der Waals surface area contributed by atoms with E-state index in [1.54, 1.807) is 24.3 Å². The summed E-state index contributed by atoms with van der Waals surface area (Å²) in [5.74, 6) is 0.342. The van der Waals surface area contributed by atoms with Gasteiger partial charge in [0.15, 0.2) is 0 Å². The second-order valence-corrected chi connectivity index (χ2v) is 6.54. The van der Waals surface area contributed by atoms with E-state index in [1.807, 2.05) is 0 Å². The maximum absolute atomic E-state index is 13.2. The summed E-state index contributed by atoms with van der Waals surface area (Å²) in [6.07, 6.45) is -9.65. The standard InChI is InChI=1S/C20H14F6N4O2/c1-31-15-6-3-12(4-7-15)18-29-28-17(32-18)10-30(11-19(21,22)23)14-5-2-13(9-27)16(8-14)20(24,25)26/h2-8H,10-11H2,1H3. The molecule has 0 saturated carbocycles. The van der Waals surface area contributed by atoms with E-state index in [9.17, 15) is 26.3 Å². The molecule has 0 aliphatic carbocycles. The predicted octanol–water partition coefficient (Wildman–Crippen LogP) is 5.20. The van der Waals surface area contributed by atoms with Crippen LogP contribution in [0.5, 0.6) is 5.75 Å². The van der Waals surface area contributed by atoms with E-state index in [0.717, 1.165) is 12.1 Å². The number of methoxy groups -OCH3 is 1. The minimum absolute atomic E-state index is 0.0189. The summed E-state index contributed by atoms with van der Waals surface area (Å²) in [7, 11) is 1.47. The first kappa shape index (κ1) is 22.9. The van der Waals surface area contributed by atoms with E-state index in [1.165, 1.54) is 13.2 Å². The Balaban J connectivity index is 1.93. The molecular weight excluding hydrogens is 442 g/mol. The molecule has 2 aromatic carbocycles. The molecule has 168 valence electrons. The normalized spacial score (nSPS) is 11.8. The van der Waals surface area contributed by atoms with E-state index in [0.29, 0.717) is 22.3 Å². The van der Waals surface area contributed by atoms with Crippen LogP contribution in [0.15, 0.2) is 46.9 Å². The van der Waals surface area contributed by atoms with Crippen LogP contribution < -0.4 is 9.64 Å². The average molecular weight is 456 g/mol. The van der Waals surface area contributed by atoms with Crippen molar-refractivity contribution in [2.45, 2.75) is 18.9 Å². The lowest BCUT2D eigenvalue weighted by atomic mass is 10.1. The summed E-state index contributed by atoms with van der Waals surface area (Å²) in [4.78, 5) is 0.613. The van der Waals surface area contributed by atoms with Gasteiger partial charge in [0.25, 0.3) is 0 Å². The highest BCUT2D eigenvalue weighted by molar-refractivity contribution is 5.56. The number of benzene rings is 2. The number of halogens is 6. The first-order chi connectivity index (χ1) is 15.0. The molecule has 32 heavy (non-hydrogen) atoms. The third-order valence-electron chi connectivity index (χ3n) is 4.29. The van der Waals surface area contributed by atoms with Crippen LogP contribution in [0, 0.1) is 11.3 Å². The van der Waals surface area contributed by atoms with Crippen LogP contribution >= 0.6 is 0 Å². The molecule has 0 N–H and O–H groups in total. The fourth-order valence-corrected chi connectivity index (χ4v) is 2.85. The summed E-state index contributed by atoms with van der Waals surface area (Å²) in [5, 5.41) is 16.4. The maximum atomic E-state index is 13.2. The Hall–Kier alpha value is -3.75. The van der Waals surface area contributed by atoms with Crippen molar-refractivity contribution in [2.24, 2.45) is 0 Å². The number of nitrogens with zero attached hydrogens (tertiary/aromatic N) is 4. The van der Waals surface area contributed by atoms with Crippen molar-refractivity contribution >= 4 is 5.69 Å². The van der Waals surface area contributed by atoms with Gasteiger partial charge in [0.1, 0.15) is 12.3 Å². The van der Waals surface area contributed by atoms with Gasteiger partial charge >= 0.3 is 12.4 Å². The van der Waals surface area contributed by atoms with Crippen molar-refractivity contribution in [1.82, 2.24) is 10.2 Å². The molecule has 3 aromatic rings. The van der Waals surface area contributed by atoms with Gasteiger partial charge < -0.3 is 14.1 Å². The number of aromatic nitrogens is 2. The van der Waals surface area contributed by atoms with Gasteiger partial charge in [-0.2, -0.15) is 31.6 Å². The van der Waals surface area contributed by atoms with E-state index in [2.05, 4.69) is 10.2 Å². The van der Waals surface area contributed by atoms with Crippen molar-refractivity contribution < 1.29 is 35.5 Å². The fourth-order valence-electron chi connectivity index (χ4n) is 2.85. The Morgan fingerprint density at radius 1 is 1.03 bits per heavy atom. The number of hydrogen-bond donors (Lipinski definition) is 0. The second-order valence-electron chi connectivity index (χ2n) is 6.54. The number of rotatable bonds is 6. The largest absolute Gasteiger partial charge is 0.497 e. The highest BCUT2D eigenvalue weighted by Gasteiger charge is 2.36. The Kier molecular flexibility index (Phi) is 6.29. The van der Waals surface area contributed by atoms with Crippen molar-refractivity contribution in [3.05, 3.63) is 59.5 Å². The van der Waals surface area contributed by atoms with Gasteiger partial charge in [-0.05, 0) is 42.5 Å². The van der Waals surface area contributed by atoms with Gasteiger partial charge in [-0.25, -0.2) is 0 Å². The molecule has 0 radical (unpaired) electrons. The van der Waals surface area contributed by atoms with Gasteiger partial charge in [0.05, 0.1) is 30.9 Å². The fraction of sp³-hybridized carbons (Fsp3) is 0.250. The quantitative estimate of drug-likeness (QED) is 0.475. The molecule has 3 rings (SSSR count). The van der Waals surface area contributed by atoms with E-state index in [-0.39, 0.29) is 11.8 Å². The molecule has 1 aromatic heterocycles. The number of anilines is 1. The molecule has 0 spiro atoms. The zero-order valence-corrected chi connectivity index (χ0v) is 16.3. The smallest absolute Gasteiger partial charge is 0.417 e. The molecule has 0 aliphatic rings. The van der Waals surface area contributed by atoms with Gasteiger partial charge in [0, 0.05) is 11.3 Å². The Morgan fingerprint density at radius 3 is 2.28 bits per heavy atom. The molecule has 0 amide bonds. The van der Waals surface area contributed by atoms with Crippen LogP contribution in [0.3, 0.4) is 0 Å². The highest BCUT2D eigenvalue weighted by atomic mass is 19.4. The SMILES string of the molecule is COc1ccc(-c2nnc(CN(CC(F)(F)F)c3ccc(C#N)c(C(F)(F)F)c3)o2)cc1. The molecular formula is C20H14F6N4O2. The predicted molar refractivity (Wildman–Crippen MR) is 99.6 cm³/mol. The van der Waals surface area contributed by atoms with Gasteiger partial charge in [-0.1, -0.05) is 0 Å². The topological polar surface area (TPSA) is 75.2 Å². The minimum Gasteiger partial charge on any atom is -0.497 e. The Bertz CT molecular complexity index is 1120. The van der Waals surface area contributed by atoms with Crippen molar-refractivity contribution in [3.8, 4) is 23.3 Å². The van der Waals surface area contributed by atoms with Gasteiger partial charge in [-0.15, -0.1) is 10.2 Å². The van der Waals surface area contributed by atoms with Crippen LogP contribution in [-0.4, -0.2) is 30.0 Å². The van der Waals surface area contributed by atoms with Gasteiger partial charge in [-0.3, -0.25) is 0 Å². The highest BCUT2D eigenvalue weighted by Crippen LogP contribution is 2.35. The zero-order valence-electron chi connectivity index (χ0n) is 16.3. The molecule has 0 bridgehead atoms. The van der Waals surface area contributed by atoms with Crippen LogP contribution in [0.4, 0.5) is 32.0 Å². The first-order valence-corrected chi connectivity index (χ1v) is 8.90. The molecule has 0 atom stereocenters. The summed E-state index contributed by atoms with van der Waals surface area (Å²) in [6, 6.07) is 10.1. The van der Waals surface area contributed by atoms with Crippen molar-refractivity contribution in [1.29, 1.82) is 5.26 Å². The minimum atomic E-state index is -4.92.